The Hall–Kier alpha value is -1.89. The number of hydrogen-bond donors (Lipinski definition) is 0. The van der Waals surface area contributed by atoms with Crippen molar-refractivity contribution in [1.29, 1.82) is 0 Å². The summed E-state index contributed by atoms with van der Waals surface area (Å²) < 4.78 is 13.5. The van der Waals surface area contributed by atoms with Crippen molar-refractivity contribution in [1.82, 2.24) is 0 Å². The molecule has 0 fully saturated rings. The molecule has 2 rings (SSSR count). The Balaban J connectivity index is 2.68. The molecule has 1 amide bonds. The number of hydrogen-bond acceptors (Lipinski definition) is 1. The Labute approximate surface area is 93.3 Å². The predicted octanol–water partition coefficient (Wildman–Crippen LogP) is 2.67. The molecule has 0 aliphatic carbocycles. The summed E-state index contributed by atoms with van der Waals surface area (Å²) in [6.45, 7) is 10.7. The first-order valence-electron chi connectivity index (χ1n) is 5.07. The number of anilines is 1. The second-order valence-electron chi connectivity index (χ2n) is 4.05. The standard InChI is InChI=1S/C12H11FN2O/c1-7(2)15-10(16)6-8-4-5-9(13)11(14-3)12(8)15/h4-5,7H,6H2,1-2H3. The second kappa shape index (κ2) is 3.60. The van der Waals surface area contributed by atoms with Crippen LogP contribution in [0.5, 0.6) is 0 Å². The van der Waals surface area contributed by atoms with Gasteiger partial charge in [-0.2, -0.15) is 0 Å². The van der Waals surface area contributed by atoms with Crippen molar-refractivity contribution in [2.45, 2.75) is 26.3 Å². The van der Waals surface area contributed by atoms with Crippen LogP contribution in [0.3, 0.4) is 0 Å². The molecule has 0 saturated carbocycles. The van der Waals surface area contributed by atoms with Crippen molar-refractivity contribution < 1.29 is 9.18 Å². The minimum Gasteiger partial charge on any atom is -0.319 e. The minimum absolute atomic E-state index is 0.0444. The Kier molecular flexibility index (Phi) is 2.39. The smallest absolute Gasteiger partial charge is 0.245 e. The number of benzene rings is 1. The highest BCUT2D eigenvalue weighted by atomic mass is 19.1. The first-order chi connectivity index (χ1) is 7.56. The summed E-state index contributed by atoms with van der Waals surface area (Å²) in [6.07, 6.45) is 0.260. The zero-order chi connectivity index (χ0) is 11.9. The lowest BCUT2D eigenvalue weighted by Crippen LogP contribution is -2.33. The lowest BCUT2D eigenvalue weighted by atomic mass is 10.1. The third-order valence-electron chi connectivity index (χ3n) is 2.67. The quantitative estimate of drug-likeness (QED) is 0.665. The van der Waals surface area contributed by atoms with Gasteiger partial charge in [-0.15, -0.1) is 0 Å². The number of rotatable bonds is 1. The Morgan fingerprint density at radius 3 is 2.75 bits per heavy atom. The van der Waals surface area contributed by atoms with Gasteiger partial charge in [0.2, 0.25) is 11.6 Å². The molecule has 0 spiro atoms. The summed E-state index contributed by atoms with van der Waals surface area (Å²) >= 11 is 0. The topological polar surface area (TPSA) is 24.7 Å². The highest BCUT2D eigenvalue weighted by Crippen LogP contribution is 2.40. The SMILES string of the molecule is [C-]#[N+]c1c(F)ccc2c1N(C(C)C)C(=O)C2. The molecular weight excluding hydrogens is 207 g/mol. The van der Waals surface area contributed by atoms with E-state index in [1.807, 2.05) is 13.8 Å². The van der Waals surface area contributed by atoms with Crippen molar-refractivity contribution in [3.8, 4) is 0 Å². The van der Waals surface area contributed by atoms with E-state index < -0.39 is 5.82 Å². The lowest BCUT2D eigenvalue weighted by Gasteiger charge is -2.23. The molecule has 1 aromatic rings. The van der Waals surface area contributed by atoms with Crippen LogP contribution in [0, 0.1) is 12.4 Å². The second-order valence-corrected chi connectivity index (χ2v) is 4.05. The molecule has 4 heteroatoms. The summed E-state index contributed by atoms with van der Waals surface area (Å²) in [4.78, 5) is 16.4. The average molecular weight is 218 g/mol. The Morgan fingerprint density at radius 1 is 1.50 bits per heavy atom. The van der Waals surface area contributed by atoms with Crippen LogP contribution in [0.15, 0.2) is 12.1 Å². The van der Waals surface area contributed by atoms with Gasteiger partial charge in [-0.25, -0.2) is 9.24 Å². The van der Waals surface area contributed by atoms with E-state index in [4.69, 9.17) is 6.57 Å². The van der Waals surface area contributed by atoms with Crippen molar-refractivity contribution in [2.75, 3.05) is 4.90 Å². The fourth-order valence-electron chi connectivity index (χ4n) is 2.03. The average Bonchev–Trinajstić information content (AvgIpc) is 2.54. The summed E-state index contributed by atoms with van der Waals surface area (Å²) in [5.41, 5.74) is 1.15. The molecule has 1 aliphatic heterocycles. The molecule has 16 heavy (non-hydrogen) atoms. The molecular formula is C12H11FN2O. The van der Waals surface area contributed by atoms with Crippen LogP contribution in [0.4, 0.5) is 15.8 Å². The molecule has 3 nitrogen and oxygen atoms in total. The number of halogens is 1. The molecule has 1 heterocycles. The maximum atomic E-state index is 13.5. The van der Waals surface area contributed by atoms with Gasteiger partial charge in [0.15, 0.2) is 0 Å². The number of amides is 1. The zero-order valence-corrected chi connectivity index (χ0v) is 9.12. The van der Waals surface area contributed by atoms with E-state index >= 15 is 0 Å². The lowest BCUT2D eigenvalue weighted by molar-refractivity contribution is -0.117. The van der Waals surface area contributed by atoms with Crippen LogP contribution in [-0.2, 0) is 11.2 Å². The molecule has 0 aromatic heterocycles. The van der Waals surface area contributed by atoms with Gasteiger partial charge in [0, 0.05) is 6.04 Å². The fourth-order valence-corrected chi connectivity index (χ4v) is 2.03. The van der Waals surface area contributed by atoms with E-state index in [-0.39, 0.29) is 24.1 Å². The third kappa shape index (κ3) is 1.36. The summed E-state index contributed by atoms with van der Waals surface area (Å²) in [6, 6.07) is 2.78. The Bertz CT molecular complexity index is 502. The van der Waals surface area contributed by atoms with E-state index in [2.05, 4.69) is 4.85 Å². The summed E-state index contributed by atoms with van der Waals surface area (Å²) in [5.74, 6) is -0.630. The summed E-state index contributed by atoms with van der Waals surface area (Å²) in [5, 5.41) is 0. The maximum Gasteiger partial charge on any atom is 0.245 e. The van der Waals surface area contributed by atoms with Gasteiger partial charge in [-0.1, -0.05) is 6.07 Å². The summed E-state index contributed by atoms with van der Waals surface area (Å²) in [7, 11) is 0. The van der Waals surface area contributed by atoms with Gasteiger partial charge in [-0.05, 0) is 25.5 Å². The highest BCUT2D eigenvalue weighted by Gasteiger charge is 2.32. The van der Waals surface area contributed by atoms with Crippen LogP contribution in [-0.4, -0.2) is 11.9 Å². The molecule has 0 radical (unpaired) electrons. The molecule has 0 unspecified atom stereocenters. The highest BCUT2D eigenvalue weighted by molar-refractivity contribution is 6.05. The van der Waals surface area contributed by atoms with Gasteiger partial charge in [-0.3, -0.25) is 4.79 Å². The van der Waals surface area contributed by atoms with Crippen LogP contribution >= 0.6 is 0 Å². The first kappa shape index (κ1) is 10.6. The Morgan fingerprint density at radius 2 is 2.19 bits per heavy atom. The van der Waals surface area contributed by atoms with Gasteiger partial charge in [0.25, 0.3) is 0 Å². The van der Waals surface area contributed by atoms with Crippen LogP contribution in [0.1, 0.15) is 19.4 Å². The molecule has 0 atom stereocenters. The first-order valence-corrected chi connectivity index (χ1v) is 5.07. The molecule has 0 bridgehead atoms. The van der Waals surface area contributed by atoms with Crippen LogP contribution in [0.2, 0.25) is 0 Å². The zero-order valence-electron chi connectivity index (χ0n) is 9.12. The molecule has 0 saturated heterocycles. The molecule has 1 aliphatic rings. The molecule has 82 valence electrons. The largest absolute Gasteiger partial charge is 0.319 e. The van der Waals surface area contributed by atoms with Crippen molar-refractivity contribution in [3.05, 3.63) is 34.9 Å². The van der Waals surface area contributed by atoms with E-state index in [1.54, 1.807) is 6.07 Å². The van der Waals surface area contributed by atoms with Crippen LogP contribution in [0.25, 0.3) is 4.85 Å². The number of carbonyl (C=O) groups is 1. The number of nitrogens with zero attached hydrogens (tertiary/aromatic N) is 2. The van der Waals surface area contributed by atoms with Gasteiger partial charge in [0.05, 0.1) is 18.7 Å². The number of fused-ring (bicyclic) bond motifs is 1. The van der Waals surface area contributed by atoms with Crippen molar-refractivity contribution >= 4 is 17.3 Å². The van der Waals surface area contributed by atoms with Gasteiger partial charge in [0.1, 0.15) is 5.82 Å². The minimum atomic E-state index is -0.561. The van der Waals surface area contributed by atoms with Crippen molar-refractivity contribution in [2.24, 2.45) is 0 Å². The van der Waals surface area contributed by atoms with E-state index in [1.165, 1.54) is 11.0 Å². The van der Waals surface area contributed by atoms with Gasteiger partial charge < -0.3 is 4.90 Å². The van der Waals surface area contributed by atoms with Crippen molar-refractivity contribution in [3.63, 3.8) is 0 Å². The van der Waals surface area contributed by atoms with E-state index in [0.29, 0.717) is 5.69 Å². The normalized spacial score (nSPS) is 14.2. The van der Waals surface area contributed by atoms with E-state index in [0.717, 1.165) is 5.56 Å². The molecule has 1 aromatic carbocycles. The third-order valence-corrected chi connectivity index (χ3v) is 2.67. The van der Waals surface area contributed by atoms with Crippen LogP contribution < -0.4 is 4.90 Å². The number of carbonyl (C=O) groups excluding carboxylic acids is 1. The predicted molar refractivity (Wildman–Crippen MR) is 59.0 cm³/mol. The fraction of sp³-hybridized carbons (Fsp3) is 0.333. The van der Waals surface area contributed by atoms with E-state index in [9.17, 15) is 9.18 Å². The molecule has 0 N–H and O–H groups in total. The van der Waals surface area contributed by atoms with Gasteiger partial charge >= 0.3 is 0 Å². The monoisotopic (exact) mass is 218 g/mol. The maximum absolute atomic E-state index is 13.5.